The minimum absolute atomic E-state index is 0.0363. The minimum atomic E-state index is -3.41. The second-order valence-corrected chi connectivity index (χ2v) is 53.9. The molecule has 38 nitrogen and oxygen atoms in total. The van der Waals surface area contributed by atoms with Crippen LogP contribution in [0.25, 0.3) is 89.8 Å². The summed E-state index contributed by atoms with van der Waals surface area (Å²) in [5.74, 6) is 2.92. The zero-order valence-corrected chi connectivity index (χ0v) is 93.9. The Morgan fingerprint density at radius 1 is 0.427 bits per heavy atom. The number of aromatic nitrogens is 16. The van der Waals surface area contributed by atoms with E-state index in [1.54, 1.807) is 131 Å². The number of halogens is 2. The fourth-order valence-electron chi connectivity index (χ4n) is 15.4. The first-order chi connectivity index (χ1) is 71.4. The third-order valence-electron chi connectivity index (χ3n) is 23.3. The number of unbranched alkanes of at least 4 members (excludes halogenated alkanes) is 3. The van der Waals surface area contributed by atoms with E-state index in [2.05, 4.69) is 101 Å². The molecule has 6 aromatic carbocycles. The Hall–Kier alpha value is -14.5. The topological polar surface area (TPSA) is 477 Å². The summed E-state index contributed by atoms with van der Waals surface area (Å²) >= 11 is 0.977. The SMILES string of the molecule is CCC[CH2][Sn]([CH2]CCC)([CH2]CCC)[c]1cc(C)no1.CCOC(=O)c1ccc(-c2cc(C)no2)cc1.CCOC(=O)c1ccc(Br)cc1.CS(=O)(=O)Cl.Cc1cc(-c2ccc(CO)cc2)on1.Cc1cc(-c2ccc(COS(C)(=O)=O)cc2)on1.Cc1cc(-c2ccc(Cn3c(=O)c4c(ccn4C)n(C)c3=O)cc2)on1.Cc1cc(-c2ccc(Cn3c(=O)c4c(ccn4C)n(C)c3=O)cc2)on1.Cn1cnc2c1c(=O)[nH]c(=O)n2C. The number of hydrogen-bond donors (Lipinski definition) is 2. The maximum absolute atomic E-state index is 12.8. The van der Waals surface area contributed by atoms with Crippen molar-refractivity contribution in [1.29, 1.82) is 0 Å². The first-order valence-electron chi connectivity index (χ1n) is 48.0. The number of esters is 2. The van der Waals surface area contributed by atoms with Crippen LogP contribution in [-0.2, 0) is 101 Å². The van der Waals surface area contributed by atoms with Crippen LogP contribution in [0.15, 0.2) is 273 Å². The molecule has 150 heavy (non-hydrogen) atoms. The Bertz CT molecular complexity index is 7940. The van der Waals surface area contributed by atoms with Gasteiger partial charge in [-0.25, -0.2) is 37.4 Å². The van der Waals surface area contributed by atoms with Crippen LogP contribution in [0.2, 0.25) is 13.3 Å². The van der Waals surface area contributed by atoms with E-state index in [0.29, 0.717) is 80.6 Å². The monoisotopic (exact) mass is 2280 g/mol. The summed E-state index contributed by atoms with van der Waals surface area (Å²) in [7, 11) is 8.11. The number of aliphatic hydroxyl groups is 1. The number of nitrogens with zero attached hydrogens (tertiary/aromatic N) is 15. The molecule has 0 aliphatic rings. The fourth-order valence-corrected chi connectivity index (χ4v) is 31.3. The van der Waals surface area contributed by atoms with Crippen molar-refractivity contribution < 1.29 is 72.3 Å². The molecule has 0 aliphatic heterocycles. The van der Waals surface area contributed by atoms with Crippen LogP contribution in [0.5, 0.6) is 0 Å². The number of hydrogen-bond acceptors (Lipinski definition) is 29. The smallest absolute Gasteiger partial charge is 0.338 e. The average Bonchev–Trinajstić information content (AvgIpc) is 1.57. The normalized spacial score (nSPS) is 11.1. The number of imidazole rings is 1. The van der Waals surface area contributed by atoms with Crippen molar-refractivity contribution in [2.45, 2.75) is 154 Å². The zero-order valence-electron chi connectivity index (χ0n) is 87.1. The molecule has 0 saturated carbocycles. The molecule has 43 heteroatoms. The number of carbonyl (C=O) groups is 2. The number of ether oxygens (including phenoxy) is 2. The molecule has 0 fully saturated rings. The largest absolute Gasteiger partial charge is 0.462 e. The first-order valence-corrected chi connectivity index (χ1v) is 60.8. The maximum Gasteiger partial charge on any atom is 0.338 e. The Labute approximate surface area is 882 Å². The van der Waals surface area contributed by atoms with Gasteiger partial charge in [-0.15, -0.1) is 0 Å². The molecule has 0 atom stereocenters. The van der Waals surface area contributed by atoms with Gasteiger partial charge in [-0.2, -0.15) is 8.42 Å². The van der Waals surface area contributed by atoms with Crippen molar-refractivity contribution in [3.63, 3.8) is 0 Å². The second-order valence-electron chi connectivity index (χ2n) is 35.3. The van der Waals surface area contributed by atoms with Crippen LogP contribution in [0.1, 0.15) is 150 Å². The van der Waals surface area contributed by atoms with Crippen LogP contribution in [0.4, 0.5) is 0 Å². The van der Waals surface area contributed by atoms with Crippen molar-refractivity contribution >= 4 is 113 Å². The van der Waals surface area contributed by atoms with Crippen molar-refractivity contribution in [2.24, 2.45) is 42.3 Å². The summed E-state index contributed by atoms with van der Waals surface area (Å²) in [6, 6.07) is 59.1. The minimum Gasteiger partial charge on any atom is -0.462 e. The standard InChI is InChI=1S/2C19H18N4O3.C13H13NO3.C12H13NO4S.C11H11NO2.C9H9BrO2.C7H8N4O2.C4H4NO.3C4H9.CH3ClO2S.Sn/c2*1-12-10-16(26-20-12)14-6-4-13(5-7-14)11-23-18(24)17-15(8-9-21(17)2)22(3)19(23)25;1-3-16-13(15)11-6-4-10(5-7-11)12-8-9(2)14-17-12;1-9-7-12(17-13-9)11-5-3-10(4-6-11)8-16-18(2,14)15;1-8-6-11(14-12-8)10-4-2-9(7-13)3-5-10;1-2-12-9(11)7-3-5-8(10)6-4-7;1-10-3-8-5-4(10)6(12)9-7(13)11(5)2;1-4-2-3-6-5-4;3*1-3-4-2;1-5(2,3)4;/h2*4-10H,11H2,1-3H3;4-8H,3H2,1-2H3;3-7H,8H2,1-2H3;2-6,13H,7H2,1H3;3-6H,2H2,1H3;3H,1-2H3,(H,9,12,13);2H,1H3;3*1,3-4H2,2H3;1H3;. The number of aliphatic hydroxyl groups excluding tert-OH is 1. The number of benzene rings is 6. The molecule has 0 bridgehead atoms. The number of rotatable bonds is 27. The molecule has 0 amide bonds. The number of nitrogens with one attached hydrogen (secondary N) is 1. The molecule has 18 aromatic rings. The van der Waals surface area contributed by atoms with Crippen LogP contribution in [0, 0.1) is 41.5 Å². The molecule has 0 radical (unpaired) electrons. The van der Waals surface area contributed by atoms with Gasteiger partial charge in [0.2, 0.25) is 9.05 Å². The molecular weight excluding hydrogens is 2160 g/mol. The number of fused-ring (bicyclic) bond motifs is 3. The molecular formula is C107H124BrClN16O22S2Sn. The van der Waals surface area contributed by atoms with E-state index in [4.69, 9.17) is 45.9 Å². The Morgan fingerprint density at radius 2 is 0.747 bits per heavy atom. The summed E-state index contributed by atoms with van der Waals surface area (Å²) in [6.45, 7) is 23.2. The number of H-pyrrole nitrogens is 1. The second kappa shape index (κ2) is 55.1. The van der Waals surface area contributed by atoms with Gasteiger partial charge in [0.15, 0.2) is 40.0 Å². The summed E-state index contributed by atoms with van der Waals surface area (Å²) < 4.78 is 105. The van der Waals surface area contributed by atoms with Crippen molar-refractivity contribution in [1.82, 2.24) is 77.4 Å². The summed E-state index contributed by atoms with van der Waals surface area (Å²) in [5.41, 5.74) is 15.3. The van der Waals surface area contributed by atoms with Gasteiger partial charge in [0, 0.05) is 128 Å². The predicted molar refractivity (Wildman–Crippen MR) is 581 cm³/mol. The van der Waals surface area contributed by atoms with Crippen LogP contribution >= 0.6 is 26.6 Å². The quantitative estimate of drug-likeness (QED) is 0.0209. The van der Waals surface area contributed by atoms with Crippen LogP contribution < -0.4 is 37.5 Å². The molecule has 2 N–H and O–H groups in total. The van der Waals surface area contributed by atoms with Gasteiger partial charge >= 0.3 is 152 Å². The average molecular weight is 2280 g/mol. The molecule has 0 unspecified atom stereocenters. The maximum atomic E-state index is 12.8. The Morgan fingerprint density at radius 3 is 1.05 bits per heavy atom. The van der Waals surface area contributed by atoms with E-state index >= 15 is 0 Å². The zero-order chi connectivity index (χ0) is 109. The van der Waals surface area contributed by atoms with E-state index in [0.717, 1.165) is 107 Å². The van der Waals surface area contributed by atoms with Gasteiger partial charge in [-0.3, -0.25) is 46.4 Å². The summed E-state index contributed by atoms with van der Waals surface area (Å²) in [5, 5.41) is 32.2. The number of carbonyl (C=O) groups excluding carboxylic acids is 2. The first kappa shape index (κ1) is 117. The Balaban J connectivity index is 0.000000176. The van der Waals surface area contributed by atoms with Gasteiger partial charge in [-0.05, 0) is 119 Å². The molecule has 0 spiro atoms. The van der Waals surface area contributed by atoms with Crippen LogP contribution in [-0.4, -0.2) is 155 Å². The van der Waals surface area contributed by atoms with Gasteiger partial charge in [0.25, 0.3) is 26.8 Å². The molecule has 794 valence electrons. The van der Waals surface area contributed by atoms with Gasteiger partial charge in [0.1, 0.15) is 11.0 Å². The summed E-state index contributed by atoms with van der Waals surface area (Å²) in [4.78, 5) is 102. The van der Waals surface area contributed by atoms with Crippen molar-refractivity contribution in [2.75, 3.05) is 25.7 Å². The van der Waals surface area contributed by atoms with Gasteiger partial charge in [0.05, 0.1) is 109 Å². The molecule has 0 aliphatic carbocycles. The van der Waals surface area contributed by atoms with E-state index < -0.39 is 48.8 Å². The molecule has 12 heterocycles. The van der Waals surface area contributed by atoms with Crippen LogP contribution in [0.3, 0.4) is 0 Å². The molecule has 0 saturated heterocycles. The third kappa shape index (κ3) is 33.2. The predicted octanol–water partition coefficient (Wildman–Crippen LogP) is 18.0. The third-order valence-corrected chi connectivity index (χ3v) is 39.3. The number of aryl methyl sites for hydroxylation is 12. The van der Waals surface area contributed by atoms with E-state index in [1.807, 2.05) is 174 Å². The van der Waals surface area contributed by atoms with Gasteiger partial charge < -0.3 is 50.9 Å². The molecule has 12 aromatic heterocycles. The summed E-state index contributed by atoms with van der Waals surface area (Å²) in [6.07, 6.45) is 15.1. The van der Waals surface area contributed by atoms with E-state index in [9.17, 15) is 55.2 Å². The van der Waals surface area contributed by atoms with E-state index in [-0.39, 0.29) is 60.7 Å². The Kier molecular flexibility index (Phi) is 43.2. The van der Waals surface area contributed by atoms with Crippen molar-refractivity contribution in [3.05, 3.63) is 347 Å². The van der Waals surface area contributed by atoms with Crippen molar-refractivity contribution in [3.8, 4) is 56.6 Å². The number of aromatic amines is 1. The van der Waals surface area contributed by atoms with Gasteiger partial charge in [-0.1, -0.05) is 151 Å². The molecule has 18 rings (SSSR count). The van der Waals surface area contributed by atoms with E-state index in [1.165, 1.54) is 84.8 Å². The fraction of sp³-hybridized carbons (Fsp3) is 0.318.